The van der Waals surface area contributed by atoms with Gasteiger partial charge in [-0.2, -0.15) is 15.0 Å². The molecule has 28 rings (SSSR count). The maximum Gasteiger partial charge on any atom is 0.241 e. The lowest BCUT2D eigenvalue weighted by Crippen LogP contribution is -2.13. The van der Waals surface area contributed by atoms with E-state index >= 15 is 0 Å². The molecule has 134 heavy (non-hydrogen) atoms. The van der Waals surface area contributed by atoms with Crippen LogP contribution in [-0.2, 0) is 0 Å². The van der Waals surface area contributed by atoms with Gasteiger partial charge in [0.2, 0.25) is 17.8 Å². The fraction of sp³-hybridized carbons (Fsp3) is 0. The fourth-order valence-electron chi connectivity index (χ4n) is 21.8. The maximum absolute atomic E-state index is 6.05. The van der Waals surface area contributed by atoms with Gasteiger partial charge in [-0.15, -0.1) is 0 Å². The van der Waals surface area contributed by atoms with Crippen LogP contribution in [0.5, 0.6) is 0 Å². The van der Waals surface area contributed by atoms with Crippen LogP contribution in [-0.4, -0.2) is 46.9 Å². The molecule has 624 valence electrons. The van der Waals surface area contributed by atoms with Gasteiger partial charge in [0.05, 0.1) is 77.2 Å². The van der Waals surface area contributed by atoms with Crippen molar-refractivity contribution in [3.8, 4) is 85.1 Å². The zero-order valence-corrected chi connectivity index (χ0v) is 72.4. The Balaban J connectivity index is 0.702. The summed E-state index contributed by atoms with van der Waals surface area (Å²) in [7, 11) is 0. The zero-order valence-electron chi connectivity index (χ0n) is 72.4. The highest BCUT2D eigenvalue weighted by Gasteiger charge is 2.28. The molecule has 0 N–H and O–H groups in total. The highest BCUT2D eigenvalue weighted by Crippen LogP contribution is 2.48. The van der Waals surface area contributed by atoms with Gasteiger partial charge in [-0.1, -0.05) is 249 Å². The molecule has 0 amide bonds. The summed E-state index contributed by atoms with van der Waals surface area (Å²) in [5, 5.41) is 15.8. The van der Waals surface area contributed by atoms with Gasteiger partial charge in [0.1, 0.15) is 0 Å². The Morgan fingerprint density at radius 3 is 0.537 bits per heavy atom. The SMILES string of the molecule is c1ccc(N(c2ccccc2)c2ccc3c(c2)c2ccccc2n3-c2nc(-n3c4ccc(-c5ccc6c(c5)c5ccccc5n6-c5ccccc5)cc4c4cc(-c5ccc6c(c5)c5ccccc5n6-c5ccccc5)ccc43)nc(-n3c4ccc(-c5ccc6c(c5)c5ccccc5n6-c5ccccc5)cc4c4cc(-c5ccc6c(c5)c5ccccc5n6-c5ccccc5)ccc43)n2)cc1. The van der Waals surface area contributed by atoms with Crippen molar-refractivity contribution in [2.24, 2.45) is 0 Å². The zero-order chi connectivity index (χ0) is 87.7. The van der Waals surface area contributed by atoms with Gasteiger partial charge in [-0.25, -0.2) is 0 Å². The molecule has 11 heteroatoms. The topological polar surface area (TPSA) is 76.4 Å². The first-order chi connectivity index (χ1) is 66.5. The average molecular weight is 1710 g/mol. The number of hydrogen-bond donors (Lipinski definition) is 0. The average Bonchev–Trinajstić information content (AvgIpc) is 1.55. The molecular weight excluding hydrogens is 1630 g/mol. The lowest BCUT2D eigenvalue weighted by atomic mass is 9.98. The van der Waals surface area contributed by atoms with E-state index in [0.29, 0.717) is 17.8 Å². The Morgan fingerprint density at radius 2 is 0.299 bits per heavy atom. The Labute approximate surface area is 768 Å². The van der Waals surface area contributed by atoms with Crippen LogP contribution in [0.3, 0.4) is 0 Å². The Hall–Kier alpha value is -18.2. The molecule has 0 radical (unpaired) electrons. The van der Waals surface area contributed by atoms with E-state index in [4.69, 9.17) is 15.0 Å². The Bertz CT molecular complexity index is 8770. The molecule has 0 atom stereocenters. The summed E-state index contributed by atoms with van der Waals surface area (Å²) in [6.07, 6.45) is 0. The lowest BCUT2D eigenvalue weighted by molar-refractivity contribution is 0.848. The van der Waals surface area contributed by atoms with Crippen molar-refractivity contribution in [2.45, 2.75) is 0 Å². The standard InChI is InChI=1S/C123H77N11/c1-7-29-86(30-8-1)127(87-31-9-2-10-32-87)92-59-68-120-106(77-92)97-45-23-28-50-111(97)132(120)121-124-122(133-116-64-55-82(78-51-60-112-98(69-78)93-41-19-24-46-107(93)128(112)88-33-11-3-12-34-88)73-102(116)103-74-83(56-65-117(103)133)79-52-61-113-99(70-79)94-42-20-25-47-108(94)129(113)89-35-13-4-14-36-89)126-123(125-121)134-118-66-57-84(80-53-62-114-100(71-80)95-43-21-26-48-109(95)130(114)90-37-15-5-16-38-90)75-104(118)105-76-85(58-67-119(105)134)81-54-63-115-101(72-81)96-44-22-27-49-110(96)131(115)91-39-17-6-18-40-91/h1-77H. The van der Waals surface area contributed by atoms with Crippen LogP contribution in [0.4, 0.5) is 17.1 Å². The van der Waals surface area contributed by atoms with Crippen LogP contribution >= 0.6 is 0 Å². The molecular formula is C123H77N11. The Kier molecular flexibility index (Phi) is 16.6. The molecule has 0 spiro atoms. The predicted octanol–water partition coefficient (Wildman–Crippen LogP) is 31.7. The molecule has 0 saturated heterocycles. The number of para-hydroxylation sites is 11. The van der Waals surface area contributed by atoms with Crippen LogP contribution in [0.15, 0.2) is 467 Å². The number of nitrogens with zero attached hydrogens (tertiary/aromatic N) is 11. The summed E-state index contributed by atoms with van der Waals surface area (Å²) in [5.41, 5.74) is 31.2. The molecule has 0 fully saturated rings. The number of hydrogen-bond acceptors (Lipinski definition) is 4. The summed E-state index contributed by atoms with van der Waals surface area (Å²) in [4.78, 5) is 20.4. The molecule has 0 bridgehead atoms. The first-order valence-corrected chi connectivity index (χ1v) is 45.7. The van der Waals surface area contributed by atoms with Crippen molar-refractivity contribution in [1.29, 1.82) is 0 Å². The van der Waals surface area contributed by atoms with Gasteiger partial charge in [0.25, 0.3) is 0 Å². The second kappa shape index (κ2) is 29.7. The number of benzene rings is 20. The van der Waals surface area contributed by atoms with Crippen LogP contribution < -0.4 is 4.90 Å². The van der Waals surface area contributed by atoms with Gasteiger partial charge >= 0.3 is 0 Å². The van der Waals surface area contributed by atoms with E-state index in [-0.39, 0.29) is 0 Å². The largest absolute Gasteiger partial charge is 0.310 e. The molecule has 20 aromatic carbocycles. The van der Waals surface area contributed by atoms with E-state index in [1.54, 1.807) is 0 Å². The summed E-state index contributed by atoms with van der Waals surface area (Å²) in [6.45, 7) is 0. The van der Waals surface area contributed by atoms with Gasteiger partial charge in [-0.05, 0) is 263 Å². The number of anilines is 3. The molecule has 0 aliphatic rings. The van der Waals surface area contributed by atoms with Crippen molar-refractivity contribution >= 4 is 170 Å². The number of fused-ring (bicyclic) bond motifs is 21. The first-order valence-electron chi connectivity index (χ1n) is 45.7. The minimum absolute atomic E-state index is 0.451. The summed E-state index contributed by atoms with van der Waals surface area (Å²) < 4.78 is 16.4. The minimum atomic E-state index is 0.451. The second-order valence-electron chi connectivity index (χ2n) is 35.1. The van der Waals surface area contributed by atoms with E-state index in [1.807, 2.05) is 0 Å². The summed E-state index contributed by atoms with van der Waals surface area (Å²) >= 11 is 0. The van der Waals surface area contributed by atoms with E-state index in [1.165, 1.54) is 43.1 Å². The minimum Gasteiger partial charge on any atom is -0.310 e. The first kappa shape index (κ1) is 74.8. The fourth-order valence-corrected chi connectivity index (χ4v) is 21.8. The van der Waals surface area contributed by atoms with E-state index in [9.17, 15) is 0 Å². The van der Waals surface area contributed by atoms with Crippen molar-refractivity contribution in [1.82, 2.24) is 46.9 Å². The smallest absolute Gasteiger partial charge is 0.241 e. The van der Waals surface area contributed by atoms with Crippen molar-refractivity contribution in [3.05, 3.63) is 467 Å². The molecule has 28 aromatic rings. The molecule has 8 heterocycles. The van der Waals surface area contributed by atoms with Crippen molar-refractivity contribution in [2.75, 3.05) is 4.90 Å². The molecule has 0 saturated carbocycles. The molecule has 8 aromatic heterocycles. The predicted molar refractivity (Wildman–Crippen MR) is 557 cm³/mol. The molecule has 0 aliphatic heterocycles. The van der Waals surface area contributed by atoms with Crippen LogP contribution in [0, 0.1) is 0 Å². The quantitative estimate of drug-likeness (QED) is 0.109. The van der Waals surface area contributed by atoms with Crippen LogP contribution in [0.2, 0.25) is 0 Å². The third-order valence-electron chi connectivity index (χ3n) is 27.8. The molecule has 11 nitrogen and oxygen atoms in total. The Morgan fingerprint density at radius 1 is 0.127 bits per heavy atom. The third kappa shape index (κ3) is 11.6. The van der Waals surface area contributed by atoms with Crippen molar-refractivity contribution in [3.63, 3.8) is 0 Å². The van der Waals surface area contributed by atoms with Gasteiger partial charge in [-0.3, -0.25) is 13.7 Å². The lowest BCUT2D eigenvalue weighted by Gasteiger charge is -2.25. The molecule has 0 unspecified atom stereocenters. The van der Waals surface area contributed by atoms with Crippen LogP contribution in [0.1, 0.15) is 0 Å². The van der Waals surface area contributed by atoms with E-state index in [2.05, 4.69) is 504 Å². The monoisotopic (exact) mass is 1710 g/mol. The van der Waals surface area contributed by atoms with E-state index < -0.39 is 0 Å². The van der Waals surface area contributed by atoms with Crippen molar-refractivity contribution < 1.29 is 0 Å². The third-order valence-corrected chi connectivity index (χ3v) is 27.8. The summed E-state index contributed by atoms with van der Waals surface area (Å²) in [5.74, 6) is 1.36. The van der Waals surface area contributed by atoms with Gasteiger partial charge < -0.3 is 23.2 Å². The van der Waals surface area contributed by atoms with Gasteiger partial charge in [0.15, 0.2) is 0 Å². The second-order valence-corrected chi connectivity index (χ2v) is 35.1. The van der Waals surface area contributed by atoms with Crippen LogP contribution in [0.25, 0.3) is 238 Å². The number of rotatable bonds is 14. The maximum atomic E-state index is 6.05. The van der Waals surface area contributed by atoms with Gasteiger partial charge in [0, 0.05) is 115 Å². The highest BCUT2D eigenvalue weighted by molar-refractivity contribution is 6.19. The van der Waals surface area contributed by atoms with E-state index in [0.717, 1.165) is 194 Å². The number of aromatic nitrogens is 10. The molecule has 0 aliphatic carbocycles. The summed E-state index contributed by atoms with van der Waals surface area (Å²) in [6, 6.07) is 171. The normalized spacial score (nSPS) is 12.0. The highest BCUT2D eigenvalue weighted by atomic mass is 15.3.